The molecule has 242 valence electrons. The van der Waals surface area contributed by atoms with Gasteiger partial charge in [0.1, 0.15) is 18.5 Å². The molecule has 0 unspecified atom stereocenters. The highest BCUT2D eigenvalue weighted by Gasteiger charge is 2.60. The third kappa shape index (κ3) is 6.72. The molecule has 10 heteroatoms. The van der Waals surface area contributed by atoms with Gasteiger partial charge in [0, 0.05) is 55.5 Å². The Morgan fingerprint density at radius 2 is 1.75 bits per heavy atom. The van der Waals surface area contributed by atoms with Crippen LogP contribution in [-0.4, -0.2) is 68.1 Å². The van der Waals surface area contributed by atoms with Gasteiger partial charge in [0.15, 0.2) is 0 Å². The number of carbonyl (C=O) groups excluding carboxylic acids is 3. The molecule has 4 aliphatic rings. The molecule has 0 aromatic heterocycles. The van der Waals surface area contributed by atoms with Crippen LogP contribution in [0.5, 0.6) is 5.75 Å². The largest absolute Gasteiger partial charge is 0.489 e. The lowest BCUT2D eigenvalue weighted by Crippen LogP contribution is -2.51. The number of allylic oxidation sites excluding steroid dienone is 1. The number of halogens is 2. The molecule has 44 heavy (non-hydrogen) atoms. The number of alkyl halides is 2. The molecule has 0 saturated heterocycles. The average Bonchev–Trinajstić information content (AvgIpc) is 3.23. The van der Waals surface area contributed by atoms with Crippen LogP contribution in [0.25, 0.3) is 0 Å². The fourth-order valence-corrected chi connectivity index (χ4v) is 9.18. The smallest absolute Gasteiger partial charge is 0.351 e. The number of carbonyl (C=O) groups is 3. The van der Waals surface area contributed by atoms with Crippen molar-refractivity contribution in [3.63, 3.8) is 0 Å². The van der Waals surface area contributed by atoms with Crippen molar-refractivity contribution in [1.82, 2.24) is 5.32 Å². The number of anilines is 1. The molecule has 0 bridgehead atoms. The van der Waals surface area contributed by atoms with Crippen molar-refractivity contribution in [3.05, 3.63) is 35.9 Å². The fraction of sp³-hybridized carbons (Fsp3) is 0.676. The summed E-state index contributed by atoms with van der Waals surface area (Å²) in [6, 6.07) is 7.45. The zero-order chi connectivity index (χ0) is 31.5. The summed E-state index contributed by atoms with van der Waals surface area (Å²) in [6.07, 6.45) is 7.27. The Labute approximate surface area is 271 Å². The highest BCUT2D eigenvalue weighted by molar-refractivity contribution is 6.18. The average molecular weight is 650 g/mol. The van der Waals surface area contributed by atoms with Gasteiger partial charge >= 0.3 is 11.9 Å². The first-order chi connectivity index (χ1) is 21.1. The van der Waals surface area contributed by atoms with Crippen LogP contribution in [-0.2, 0) is 23.9 Å². The van der Waals surface area contributed by atoms with Crippen LogP contribution in [0, 0.1) is 28.6 Å². The first kappa shape index (κ1) is 32.9. The van der Waals surface area contributed by atoms with Gasteiger partial charge in [0.25, 0.3) is 0 Å². The third-order valence-electron chi connectivity index (χ3n) is 11.0. The second-order valence-corrected chi connectivity index (χ2v) is 14.1. The van der Waals surface area contributed by atoms with Gasteiger partial charge in [-0.25, -0.2) is 4.79 Å². The first-order valence-corrected chi connectivity index (χ1v) is 17.1. The summed E-state index contributed by atoms with van der Waals surface area (Å²) < 4.78 is 17.5. The van der Waals surface area contributed by atoms with E-state index in [0.29, 0.717) is 54.9 Å². The standard InChI is InChI=1S/C34H46Cl2N2O6/c1-22(39)43-29(21-42-25-7-5-24(6-8-25)38(18-15-35)19-16-36)32(41)44-30-11-10-27-26-9-4-23-20-31(40)37-17-14-33(23,2)28(26)12-13-34(27,30)3/h5-8,20,26-30H,4,9-19,21H2,1-3H3,(H,37,40)/t26-,27-,28-,29-,30-,33-,34-/m0/s1. The maximum Gasteiger partial charge on any atom is 0.351 e. The summed E-state index contributed by atoms with van der Waals surface area (Å²) in [5.74, 6) is 1.95. The van der Waals surface area contributed by atoms with Crippen LogP contribution in [0.4, 0.5) is 5.69 Å². The maximum absolute atomic E-state index is 13.5. The van der Waals surface area contributed by atoms with Gasteiger partial charge in [-0.3, -0.25) is 9.59 Å². The van der Waals surface area contributed by atoms with E-state index in [1.54, 1.807) is 0 Å². The topological polar surface area (TPSA) is 94.2 Å². The molecule has 0 spiro atoms. The van der Waals surface area contributed by atoms with Crippen LogP contribution in [0.2, 0.25) is 0 Å². The van der Waals surface area contributed by atoms with Crippen molar-refractivity contribution >= 4 is 46.7 Å². The molecule has 3 aliphatic carbocycles. The summed E-state index contributed by atoms with van der Waals surface area (Å²) in [7, 11) is 0. The van der Waals surface area contributed by atoms with Crippen molar-refractivity contribution in [2.24, 2.45) is 28.6 Å². The number of nitrogens with zero attached hydrogens (tertiary/aromatic N) is 1. The molecule has 3 saturated carbocycles. The predicted molar refractivity (Wildman–Crippen MR) is 171 cm³/mol. The number of rotatable bonds is 11. The van der Waals surface area contributed by atoms with E-state index in [2.05, 4.69) is 24.1 Å². The lowest BCUT2D eigenvalue weighted by molar-refractivity contribution is -0.179. The number of esters is 2. The Bertz CT molecular complexity index is 1230. The van der Waals surface area contributed by atoms with Gasteiger partial charge in [0.05, 0.1) is 0 Å². The van der Waals surface area contributed by atoms with Gasteiger partial charge in [-0.05, 0) is 92.4 Å². The number of amides is 1. The normalized spacial score (nSPS) is 31.7. The molecule has 0 radical (unpaired) electrons. The second kappa shape index (κ2) is 13.9. The highest BCUT2D eigenvalue weighted by atomic mass is 35.5. The molecule has 8 nitrogen and oxygen atoms in total. The first-order valence-electron chi connectivity index (χ1n) is 16.1. The predicted octanol–water partition coefficient (Wildman–Crippen LogP) is 5.88. The Balaban J connectivity index is 1.23. The Morgan fingerprint density at radius 3 is 2.43 bits per heavy atom. The van der Waals surface area contributed by atoms with Crippen molar-refractivity contribution in [1.29, 1.82) is 0 Å². The van der Waals surface area contributed by atoms with Crippen molar-refractivity contribution < 1.29 is 28.6 Å². The number of benzene rings is 1. The Kier molecular flexibility index (Phi) is 10.4. The van der Waals surface area contributed by atoms with Crippen molar-refractivity contribution in [2.75, 3.05) is 42.9 Å². The Morgan fingerprint density at radius 1 is 1.02 bits per heavy atom. The second-order valence-electron chi connectivity index (χ2n) is 13.4. The van der Waals surface area contributed by atoms with E-state index in [4.69, 9.17) is 37.4 Å². The lowest BCUT2D eigenvalue weighted by Gasteiger charge is -2.57. The minimum absolute atomic E-state index is 0.0284. The molecule has 7 atom stereocenters. The summed E-state index contributed by atoms with van der Waals surface area (Å²) in [6.45, 7) is 7.85. The SMILES string of the molecule is CC(=O)O[C@@H](COc1ccc(N(CCCl)CCCl)cc1)C(=O)O[C@H]1CC[C@H]2[C@@H]3CCC4=CC(=O)NCC[C@]4(C)[C@H]3CC[C@]12C. The van der Waals surface area contributed by atoms with Gasteiger partial charge in [-0.1, -0.05) is 19.4 Å². The van der Waals surface area contributed by atoms with E-state index in [1.807, 2.05) is 30.3 Å². The zero-order valence-corrected chi connectivity index (χ0v) is 27.6. The van der Waals surface area contributed by atoms with Gasteiger partial charge in [-0.2, -0.15) is 0 Å². The molecular weight excluding hydrogens is 603 g/mol. The molecule has 1 aliphatic heterocycles. The fourth-order valence-electron chi connectivity index (χ4n) is 8.78. The molecular formula is C34H46Cl2N2O6. The van der Waals surface area contributed by atoms with Crippen molar-refractivity contribution in [3.8, 4) is 5.75 Å². The van der Waals surface area contributed by atoms with Gasteiger partial charge < -0.3 is 24.4 Å². The molecule has 5 rings (SSSR count). The minimum Gasteiger partial charge on any atom is -0.489 e. The van der Waals surface area contributed by atoms with E-state index in [0.717, 1.165) is 50.6 Å². The van der Waals surface area contributed by atoms with E-state index < -0.39 is 18.0 Å². The van der Waals surface area contributed by atoms with Gasteiger partial charge in [-0.15, -0.1) is 23.2 Å². The number of ether oxygens (including phenoxy) is 3. The number of fused-ring (bicyclic) bond motifs is 5. The molecule has 1 amide bonds. The van der Waals surface area contributed by atoms with E-state index in [1.165, 1.54) is 12.5 Å². The lowest BCUT2D eigenvalue weighted by atomic mass is 9.48. The number of nitrogens with one attached hydrogen (secondary N) is 1. The molecule has 1 N–H and O–H groups in total. The van der Waals surface area contributed by atoms with Crippen LogP contribution in [0.1, 0.15) is 65.7 Å². The molecule has 1 aromatic carbocycles. The molecule has 1 aromatic rings. The van der Waals surface area contributed by atoms with Crippen LogP contribution in [0.15, 0.2) is 35.9 Å². The number of hydrogen-bond acceptors (Lipinski definition) is 7. The van der Waals surface area contributed by atoms with Crippen LogP contribution in [0.3, 0.4) is 0 Å². The highest BCUT2D eigenvalue weighted by Crippen LogP contribution is 2.65. The van der Waals surface area contributed by atoms with E-state index in [-0.39, 0.29) is 29.4 Å². The summed E-state index contributed by atoms with van der Waals surface area (Å²) >= 11 is 11.9. The monoisotopic (exact) mass is 648 g/mol. The minimum atomic E-state index is -1.16. The van der Waals surface area contributed by atoms with Crippen LogP contribution >= 0.6 is 23.2 Å². The molecule has 1 heterocycles. The Hall–Kier alpha value is -2.45. The van der Waals surface area contributed by atoms with Gasteiger partial charge in [0.2, 0.25) is 12.0 Å². The maximum atomic E-state index is 13.5. The summed E-state index contributed by atoms with van der Waals surface area (Å²) in [4.78, 5) is 39.8. The quantitative estimate of drug-likeness (QED) is 0.236. The van der Waals surface area contributed by atoms with E-state index >= 15 is 0 Å². The van der Waals surface area contributed by atoms with Crippen molar-refractivity contribution in [2.45, 2.75) is 77.9 Å². The summed E-state index contributed by atoms with van der Waals surface area (Å²) in [5.41, 5.74) is 2.17. The third-order valence-corrected chi connectivity index (χ3v) is 11.4. The van der Waals surface area contributed by atoms with Crippen LogP contribution < -0.4 is 15.0 Å². The van der Waals surface area contributed by atoms with E-state index in [9.17, 15) is 14.4 Å². The number of hydrogen-bond donors (Lipinski definition) is 1. The summed E-state index contributed by atoms with van der Waals surface area (Å²) in [5, 5.41) is 3.04. The molecule has 3 fully saturated rings. The zero-order valence-electron chi connectivity index (χ0n) is 26.1.